The molecule has 0 aromatic heterocycles. The lowest BCUT2D eigenvalue weighted by Crippen LogP contribution is -2.35. The van der Waals surface area contributed by atoms with Crippen molar-refractivity contribution in [2.24, 2.45) is 5.41 Å². The number of ether oxygens (including phenoxy) is 1. The van der Waals surface area contributed by atoms with E-state index in [0.717, 1.165) is 19.6 Å². The molecule has 96 valence electrons. The van der Waals surface area contributed by atoms with Gasteiger partial charge in [-0.25, -0.2) is 0 Å². The molecular weight excluding hydrogens is 202 g/mol. The highest BCUT2D eigenvalue weighted by molar-refractivity contribution is 4.77. The molecule has 3 nitrogen and oxygen atoms in total. The number of β-amino-alcohol motifs (C(OH)–C–C–N with tert-alkyl or cyclic N) is 1. The third-order valence-corrected chi connectivity index (χ3v) is 3.42. The van der Waals surface area contributed by atoms with E-state index >= 15 is 0 Å². The Balaban J connectivity index is 2.26. The van der Waals surface area contributed by atoms with Gasteiger partial charge in [-0.1, -0.05) is 13.8 Å². The maximum atomic E-state index is 9.79. The smallest absolute Gasteiger partial charge is 0.0900 e. The quantitative estimate of drug-likeness (QED) is 0.781. The third kappa shape index (κ3) is 5.28. The molecule has 0 spiro atoms. The molecular formula is C13H27NO2. The highest BCUT2D eigenvalue weighted by atomic mass is 16.5. The molecule has 0 bridgehead atoms. The fourth-order valence-corrected chi connectivity index (χ4v) is 2.27. The zero-order valence-electron chi connectivity index (χ0n) is 11.0. The lowest BCUT2D eigenvalue weighted by Gasteiger charge is -2.24. The summed E-state index contributed by atoms with van der Waals surface area (Å²) in [5.74, 6) is 0. The zero-order chi connectivity index (χ0) is 12.0. The number of hydrogen-bond acceptors (Lipinski definition) is 3. The molecule has 1 N–H and O–H groups in total. The zero-order valence-corrected chi connectivity index (χ0v) is 11.0. The predicted molar refractivity (Wildman–Crippen MR) is 66.6 cm³/mol. The van der Waals surface area contributed by atoms with Crippen LogP contribution in [0.5, 0.6) is 0 Å². The number of aliphatic hydroxyl groups excluding tert-OH is 1. The third-order valence-electron chi connectivity index (χ3n) is 3.42. The maximum Gasteiger partial charge on any atom is 0.0900 e. The summed E-state index contributed by atoms with van der Waals surface area (Å²) in [7, 11) is 0. The minimum absolute atomic E-state index is 0.332. The number of aliphatic hydroxyl groups is 1. The molecule has 1 atom stereocenters. The summed E-state index contributed by atoms with van der Waals surface area (Å²) in [5.41, 5.74) is 0.472. The van der Waals surface area contributed by atoms with Gasteiger partial charge < -0.3 is 14.7 Å². The van der Waals surface area contributed by atoms with Crippen LogP contribution in [0.2, 0.25) is 0 Å². The number of hydrogen-bond donors (Lipinski definition) is 1. The van der Waals surface area contributed by atoms with E-state index in [0.29, 0.717) is 18.6 Å². The Kier molecular flexibility index (Phi) is 5.73. The van der Waals surface area contributed by atoms with Crippen molar-refractivity contribution in [2.75, 3.05) is 32.8 Å². The Morgan fingerprint density at radius 3 is 2.75 bits per heavy atom. The van der Waals surface area contributed by atoms with Crippen molar-refractivity contribution in [3.8, 4) is 0 Å². The van der Waals surface area contributed by atoms with Crippen LogP contribution in [0.3, 0.4) is 0 Å². The fraction of sp³-hybridized carbons (Fsp3) is 1.00. The van der Waals surface area contributed by atoms with Crippen LogP contribution in [0.15, 0.2) is 0 Å². The van der Waals surface area contributed by atoms with Crippen molar-refractivity contribution in [2.45, 2.75) is 46.1 Å². The largest absolute Gasteiger partial charge is 0.389 e. The molecule has 0 saturated carbocycles. The molecule has 1 heterocycles. The van der Waals surface area contributed by atoms with Crippen molar-refractivity contribution < 1.29 is 9.84 Å². The summed E-state index contributed by atoms with van der Waals surface area (Å²) in [4.78, 5) is 2.37. The molecule has 0 aromatic rings. The first kappa shape index (κ1) is 13.9. The van der Waals surface area contributed by atoms with Gasteiger partial charge in [-0.15, -0.1) is 0 Å². The number of rotatable bonds is 5. The van der Waals surface area contributed by atoms with Crippen molar-refractivity contribution in [1.29, 1.82) is 0 Å². The van der Waals surface area contributed by atoms with Crippen molar-refractivity contribution in [1.82, 2.24) is 4.90 Å². The van der Waals surface area contributed by atoms with Gasteiger partial charge in [-0.05, 0) is 44.7 Å². The number of nitrogens with zero attached hydrogens (tertiary/aromatic N) is 1. The molecule has 0 radical (unpaired) electrons. The first-order chi connectivity index (χ1) is 7.53. The van der Waals surface area contributed by atoms with E-state index in [9.17, 15) is 5.11 Å². The van der Waals surface area contributed by atoms with Crippen LogP contribution in [-0.2, 0) is 4.74 Å². The average Bonchev–Trinajstić information content (AvgIpc) is 2.37. The number of likely N-dealkylation sites (tertiary alicyclic amines) is 1. The molecule has 0 aliphatic carbocycles. The summed E-state index contributed by atoms with van der Waals surface area (Å²) in [6.45, 7) is 10.8. The van der Waals surface area contributed by atoms with Gasteiger partial charge in [0.25, 0.3) is 0 Å². The maximum absolute atomic E-state index is 9.79. The summed E-state index contributed by atoms with van der Waals surface area (Å²) < 4.78 is 5.23. The Bertz CT molecular complexity index is 194. The summed E-state index contributed by atoms with van der Waals surface area (Å²) >= 11 is 0. The lowest BCUT2D eigenvalue weighted by molar-refractivity contribution is 0.0213. The average molecular weight is 229 g/mol. The Morgan fingerprint density at radius 2 is 2.06 bits per heavy atom. The van der Waals surface area contributed by atoms with Gasteiger partial charge in [-0.2, -0.15) is 0 Å². The highest BCUT2D eigenvalue weighted by Crippen LogP contribution is 2.29. The van der Waals surface area contributed by atoms with E-state index in [1.165, 1.54) is 19.3 Å². The van der Waals surface area contributed by atoms with Crippen LogP contribution in [0.1, 0.15) is 40.0 Å². The van der Waals surface area contributed by atoms with E-state index in [4.69, 9.17) is 4.74 Å². The van der Waals surface area contributed by atoms with Gasteiger partial charge in [0.05, 0.1) is 12.7 Å². The fourth-order valence-electron chi connectivity index (χ4n) is 2.27. The van der Waals surface area contributed by atoms with E-state index in [2.05, 4.69) is 18.7 Å². The monoisotopic (exact) mass is 229 g/mol. The standard InChI is InChI=1S/C13H27NO2/c1-4-16-11-12(15)10-14-8-5-6-13(2,3)7-9-14/h12,15H,4-11H2,1-3H3. The Labute approximate surface area is 99.8 Å². The molecule has 1 rings (SSSR count). The van der Waals surface area contributed by atoms with Crippen molar-refractivity contribution in [3.05, 3.63) is 0 Å². The van der Waals surface area contributed by atoms with Gasteiger partial charge in [0.1, 0.15) is 0 Å². The molecule has 16 heavy (non-hydrogen) atoms. The summed E-state index contributed by atoms with van der Waals surface area (Å²) in [6.07, 6.45) is 3.44. The van der Waals surface area contributed by atoms with Gasteiger partial charge in [0.15, 0.2) is 0 Å². The van der Waals surface area contributed by atoms with Gasteiger partial charge in [-0.3, -0.25) is 0 Å². The van der Waals surface area contributed by atoms with Crippen molar-refractivity contribution >= 4 is 0 Å². The van der Waals surface area contributed by atoms with Gasteiger partial charge in [0.2, 0.25) is 0 Å². The van der Waals surface area contributed by atoms with Crippen LogP contribution in [0.25, 0.3) is 0 Å². The molecule has 1 aliphatic rings. The Hall–Kier alpha value is -0.120. The molecule has 1 aliphatic heterocycles. The minimum Gasteiger partial charge on any atom is -0.389 e. The second kappa shape index (κ2) is 6.58. The van der Waals surface area contributed by atoms with Crippen molar-refractivity contribution in [3.63, 3.8) is 0 Å². The molecule has 0 amide bonds. The molecule has 1 fully saturated rings. The van der Waals surface area contributed by atoms with Crippen LogP contribution in [0, 0.1) is 5.41 Å². The van der Waals surface area contributed by atoms with E-state index in [-0.39, 0.29) is 6.10 Å². The second-order valence-corrected chi connectivity index (χ2v) is 5.63. The summed E-state index contributed by atoms with van der Waals surface area (Å²) in [6, 6.07) is 0. The SMILES string of the molecule is CCOCC(O)CN1CCCC(C)(C)CC1. The second-order valence-electron chi connectivity index (χ2n) is 5.63. The first-order valence-electron chi connectivity index (χ1n) is 6.51. The van der Waals surface area contributed by atoms with E-state index < -0.39 is 0 Å². The molecule has 1 saturated heterocycles. The van der Waals surface area contributed by atoms with Crippen LogP contribution in [0.4, 0.5) is 0 Å². The minimum atomic E-state index is -0.332. The van der Waals surface area contributed by atoms with E-state index in [1.807, 2.05) is 6.92 Å². The Morgan fingerprint density at radius 1 is 1.31 bits per heavy atom. The normalized spacial score (nSPS) is 24.0. The summed E-state index contributed by atoms with van der Waals surface area (Å²) in [5, 5.41) is 9.79. The van der Waals surface area contributed by atoms with Gasteiger partial charge >= 0.3 is 0 Å². The molecule has 3 heteroatoms. The first-order valence-corrected chi connectivity index (χ1v) is 6.51. The predicted octanol–water partition coefficient (Wildman–Crippen LogP) is 1.90. The highest BCUT2D eigenvalue weighted by Gasteiger charge is 2.23. The lowest BCUT2D eigenvalue weighted by atomic mass is 9.85. The molecule has 1 unspecified atom stereocenters. The van der Waals surface area contributed by atoms with Crippen LogP contribution >= 0.6 is 0 Å². The molecule has 0 aromatic carbocycles. The van der Waals surface area contributed by atoms with Crippen LogP contribution in [-0.4, -0.2) is 49.0 Å². The topological polar surface area (TPSA) is 32.7 Å². The van der Waals surface area contributed by atoms with Crippen LogP contribution < -0.4 is 0 Å². The van der Waals surface area contributed by atoms with Gasteiger partial charge in [0, 0.05) is 13.2 Å². The van der Waals surface area contributed by atoms with E-state index in [1.54, 1.807) is 0 Å².